The third-order valence-corrected chi connectivity index (χ3v) is 4.68. The van der Waals surface area contributed by atoms with Crippen LogP contribution in [0.3, 0.4) is 0 Å². The van der Waals surface area contributed by atoms with Crippen LogP contribution in [0.2, 0.25) is 0 Å². The maximum Gasteiger partial charge on any atom is 0.258 e. The van der Waals surface area contributed by atoms with Gasteiger partial charge in [0.15, 0.2) is 6.61 Å². The summed E-state index contributed by atoms with van der Waals surface area (Å²) in [5.74, 6) is 0.0681. The second-order valence-electron chi connectivity index (χ2n) is 5.88. The van der Waals surface area contributed by atoms with Gasteiger partial charge in [-0.3, -0.25) is 4.79 Å². The van der Waals surface area contributed by atoms with Crippen molar-refractivity contribution < 1.29 is 18.7 Å². The van der Waals surface area contributed by atoms with E-state index >= 15 is 0 Å². The van der Waals surface area contributed by atoms with Gasteiger partial charge >= 0.3 is 0 Å². The van der Waals surface area contributed by atoms with Gasteiger partial charge in [0.25, 0.3) is 5.91 Å². The first-order valence-corrected chi connectivity index (χ1v) is 7.43. The van der Waals surface area contributed by atoms with E-state index < -0.39 is 0 Å². The highest BCUT2D eigenvalue weighted by Crippen LogP contribution is 2.48. The lowest BCUT2D eigenvalue weighted by molar-refractivity contribution is -0.129. The molecule has 0 bridgehead atoms. The summed E-state index contributed by atoms with van der Waals surface area (Å²) in [6, 6.07) is 5.91. The van der Waals surface area contributed by atoms with Gasteiger partial charge in [-0.2, -0.15) is 0 Å². The summed E-state index contributed by atoms with van der Waals surface area (Å²) in [7, 11) is 0. The van der Waals surface area contributed by atoms with Gasteiger partial charge in [0.1, 0.15) is 11.6 Å². The van der Waals surface area contributed by atoms with E-state index in [0.29, 0.717) is 5.75 Å². The summed E-state index contributed by atoms with van der Waals surface area (Å²) in [5, 5.41) is 3.06. The number of carbonyl (C=O) groups is 1. The lowest BCUT2D eigenvalue weighted by Crippen LogP contribution is -2.57. The van der Waals surface area contributed by atoms with Crippen molar-refractivity contribution in [2.75, 3.05) is 19.8 Å². The lowest BCUT2D eigenvalue weighted by Gasteiger charge is -2.52. The Balaban J connectivity index is 1.47. The second-order valence-corrected chi connectivity index (χ2v) is 5.88. The molecule has 1 saturated carbocycles. The van der Waals surface area contributed by atoms with E-state index in [1.54, 1.807) is 0 Å². The van der Waals surface area contributed by atoms with Crippen LogP contribution >= 0.6 is 0 Å². The molecule has 114 valence electrons. The minimum absolute atomic E-state index is 0.0330. The Kier molecular flexibility index (Phi) is 4.10. The normalized spacial score (nSPS) is 23.4. The van der Waals surface area contributed by atoms with Crippen LogP contribution in [0.15, 0.2) is 24.3 Å². The molecule has 1 saturated heterocycles. The predicted octanol–water partition coefficient (Wildman–Crippen LogP) is 2.28. The highest BCUT2D eigenvalue weighted by Gasteiger charge is 2.47. The van der Waals surface area contributed by atoms with Gasteiger partial charge < -0.3 is 14.8 Å². The van der Waals surface area contributed by atoms with Crippen molar-refractivity contribution >= 4 is 5.91 Å². The largest absolute Gasteiger partial charge is 0.484 e. The van der Waals surface area contributed by atoms with Crippen molar-refractivity contribution in [1.29, 1.82) is 0 Å². The Labute approximate surface area is 123 Å². The van der Waals surface area contributed by atoms with Crippen molar-refractivity contribution in [2.24, 2.45) is 5.41 Å². The standard InChI is InChI=1S/C16H20FNO3/c17-12-1-3-13(4-2-12)21-11-15(19)18-14-5-6-16(14)7-9-20-10-8-16/h1-4,14H,5-11H2,(H,18,19). The van der Waals surface area contributed by atoms with E-state index in [2.05, 4.69) is 5.32 Å². The summed E-state index contributed by atoms with van der Waals surface area (Å²) < 4.78 is 23.5. The first-order valence-electron chi connectivity index (χ1n) is 7.43. The molecule has 1 atom stereocenters. The SMILES string of the molecule is O=C(COc1ccc(F)cc1)NC1CCC12CCOCC2. The molecule has 3 rings (SSSR count). The molecule has 1 aliphatic heterocycles. The Morgan fingerprint density at radius 1 is 1.29 bits per heavy atom. The summed E-state index contributed by atoms with van der Waals surface area (Å²) >= 11 is 0. The second kappa shape index (κ2) is 6.02. The number of benzene rings is 1. The quantitative estimate of drug-likeness (QED) is 0.926. The Hall–Kier alpha value is -1.62. The molecule has 0 radical (unpaired) electrons. The first kappa shape index (κ1) is 14.3. The third kappa shape index (κ3) is 3.18. The van der Waals surface area contributed by atoms with Crippen LogP contribution in [-0.4, -0.2) is 31.8 Å². The lowest BCUT2D eigenvalue weighted by atomic mass is 9.60. The summed E-state index contributed by atoms with van der Waals surface area (Å²) in [4.78, 5) is 12.0. The summed E-state index contributed by atoms with van der Waals surface area (Å²) in [5.41, 5.74) is 0.240. The van der Waals surface area contributed by atoms with Crippen LogP contribution in [0.4, 0.5) is 4.39 Å². The van der Waals surface area contributed by atoms with E-state index in [-0.39, 0.29) is 29.8 Å². The van der Waals surface area contributed by atoms with Crippen LogP contribution in [0.1, 0.15) is 25.7 Å². The monoisotopic (exact) mass is 293 g/mol. The topological polar surface area (TPSA) is 47.6 Å². The Morgan fingerprint density at radius 3 is 2.62 bits per heavy atom. The van der Waals surface area contributed by atoms with Gasteiger partial charge in [-0.05, 0) is 55.4 Å². The minimum Gasteiger partial charge on any atom is -0.484 e. The molecule has 1 amide bonds. The van der Waals surface area contributed by atoms with Crippen molar-refractivity contribution in [1.82, 2.24) is 5.32 Å². The molecule has 5 heteroatoms. The van der Waals surface area contributed by atoms with Crippen LogP contribution in [-0.2, 0) is 9.53 Å². The Morgan fingerprint density at radius 2 is 2.00 bits per heavy atom. The van der Waals surface area contributed by atoms with E-state index in [9.17, 15) is 9.18 Å². The highest BCUT2D eigenvalue weighted by atomic mass is 19.1. The fourth-order valence-electron chi connectivity index (χ4n) is 3.21. The highest BCUT2D eigenvalue weighted by molar-refractivity contribution is 5.78. The molecule has 1 unspecified atom stereocenters. The van der Waals surface area contributed by atoms with Crippen molar-refractivity contribution in [3.05, 3.63) is 30.1 Å². The molecule has 1 spiro atoms. The van der Waals surface area contributed by atoms with Gasteiger partial charge in [-0.1, -0.05) is 0 Å². The summed E-state index contributed by atoms with van der Waals surface area (Å²) in [6.45, 7) is 1.55. The van der Waals surface area contributed by atoms with Gasteiger partial charge in [-0.25, -0.2) is 4.39 Å². The zero-order valence-electron chi connectivity index (χ0n) is 11.9. The van der Waals surface area contributed by atoms with E-state index in [1.807, 2.05) is 0 Å². The molecular weight excluding hydrogens is 273 g/mol. The third-order valence-electron chi connectivity index (χ3n) is 4.68. The number of hydrogen-bond donors (Lipinski definition) is 1. The smallest absolute Gasteiger partial charge is 0.258 e. The average molecular weight is 293 g/mol. The van der Waals surface area contributed by atoms with Crippen molar-refractivity contribution in [2.45, 2.75) is 31.7 Å². The van der Waals surface area contributed by atoms with Crippen molar-refractivity contribution in [3.63, 3.8) is 0 Å². The molecule has 0 aromatic heterocycles. The number of ether oxygens (including phenoxy) is 2. The fourth-order valence-corrected chi connectivity index (χ4v) is 3.21. The number of halogens is 1. The number of carbonyl (C=O) groups excluding carboxylic acids is 1. The van der Waals surface area contributed by atoms with Crippen LogP contribution in [0, 0.1) is 11.2 Å². The molecule has 1 aliphatic carbocycles. The van der Waals surface area contributed by atoms with E-state index in [4.69, 9.17) is 9.47 Å². The van der Waals surface area contributed by atoms with E-state index in [0.717, 1.165) is 32.5 Å². The van der Waals surface area contributed by atoms with Crippen molar-refractivity contribution in [3.8, 4) is 5.75 Å². The number of rotatable bonds is 4. The fraction of sp³-hybridized carbons (Fsp3) is 0.562. The van der Waals surface area contributed by atoms with Crippen LogP contribution in [0.5, 0.6) is 5.75 Å². The molecule has 1 aromatic rings. The van der Waals surface area contributed by atoms with Gasteiger partial charge in [-0.15, -0.1) is 0 Å². The molecule has 4 nitrogen and oxygen atoms in total. The number of amides is 1. The van der Waals surface area contributed by atoms with Crippen LogP contribution in [0.25, 0.3) is 0 Å². The molecule has 1 aromatic carbocycles. The average Bonchev–Trinajstić information content (AvgIpc) is 2.52. The first-order chi connectivity index (χ1) is 10.2. The Bertz CT molecular complexity index is 497. The van der Waals surface area contributed by atoms with Crippen LogP contribution < -0.4 is 10.1 Å². The zero-order valence-corrected chi connectivity index (χ0v) is 11.9. The van der Waals surface area contributed by atoms with Gasteiger partial charge in [0.05, 0.1) is 0 Å². The maximum absolute atomic E-state index is 12.8. The molecule has 21 heavy (non-hydrogen) atoms. The zero-order chi connectivity index (χ0) is 14.7. The van der Waals surface area contributed by atoms with Gasteiger partial charge in [0, 0.05) is 19.3 Å². The number of hydrogen-bond acceptors (Lipinski definition) is 3. The molecule has 2 fully saturated rings. The molecular formula is C16H20FNO3. The molecule has 1 N–H and O–H groups in total. The minimum atomic E-state index is -0.317. The van der Waals surface area contributed by atoms with E-state index in [1.165, 1.54) is 30.7 Å². The summed E-state index contributed by atoms with van der Waals surface area (Å²) in [6.07, 6.45) is 4.25. The molecule has 2 aliphatic rings. The maximum atomic E-state index is 12.8. The number of nitrogens with one attached hydrogen (secondary N) is 1. The molecule has 1 heterocycles. The van der Waals surface area contributed by atoms with Gasteiger partial charge in [0.2, 0.25) is 0 Å². The predicted molar refractivity (Wildman–Crippen MR) is 75.5 cm³/mol.